The summed E-state index contributed by atoms with van der Waals surface area (Å²) in [6, 6.07) is 10.3. The number of amides is 2. The maximum Gasteiger partial charge on any atom is 0.260 e. The third-order valence-electron chi connectivity index (χ3n) is 5.21. The second-order valence-corrected chi connectivity index (χ2v) is 10.2. The molecule has 0 saturated heterocycles. The second kappa shape index (κ2) is 10.2. The monoisotopic (exact) mass is 529 g/mol. The average Bonchev–Trinajstić information content (AvgIpc) is 3.21. The number of rotatable bonds is 6. The van der Waals surface area contributed by atoms with Crippen LogP contribution in [-0.4, -0.2) is 21.2 Å². The number of hydrogen-bond donors (Lipinski definition) is 3. The largest absolute Gasteiger partial charge is 0.351 e. The van der Waals surface area contributed by atoms with Crippen molar-refractivity contribution in [1.82, 2.24) is 14.7 Å². The van der Waals surface area contributed by atoms with Gasteiger partial charge in [-0.25, -0.2) is 8.78 Å². The summed E-state index contributed by atoms with van der Waals surface area (Å²) in [6.45, 7) is 5.14. The highest BCUT2D eigenvalue weighted by atomic mass is 35.5. The van der Waals surface area contributed by atoms with Crippen molar-refractivity contribution in [1.29, 1.82) is 0 Å². The standard InChI is InChI=1S/C25H22ClF2N5O2S/c1-25(2,3)24(35)30-12-13-7-8-16(26)18(19(13)28)23(34)32-17-9-10-29-20-21(17)36-33-22(20)31-15-6-4-5-14(27)11-15/h4-11H,12H2,1-3H3,(H,30,35)(H,31,33)(H,29,32,34). The lowest BCUT2D eigenvalue weighted by Crippen LogP contribution is -2.34. The quantitative estimate of drug-likeness (QED) is 0.273. The molecular weight excluding hydrogens is 508 g/mol. The van der Waals surface area contributed by atoms with Gasteiger partial charge in [-0.2, -0.15) is 4.37 Å². The molecule has 2 aromatic carbocycles. The lowest BCUT2D eigenvalue weighted by Gasteiger charge is -2.18. The molecule has 0 aliphatic rings. The average molecular weight is 530 g/mol. The Labute approximate surface area is 215 Å². The summed E-state index contributed by atoms with van der Waals surface area (Å²) in [6.07, 6.45) is 1.47. The lowest BCUT2D eigenvalue weighted by atomic mass is 9.95. The molecule has 0 unspecified atom stereocenters. The topological polar surface area (TPSA) is 96.0 Å². The van der Waals surface area contributed by atoms with Crippen molar-refractivity contribution in [2.75, 3.05) is 10.6 Å². The van der Waals surface area contributed by atoms with Crippen LogP contribution in [0.25, 0.3) is 10.2 Å². The first-order chi connectivity index (χ1) is 17.0. The summed E-state index contributed by atoms with van der Waals surface area (Å²) in [5.41, 5.74) is 0.437. The van der Waals surface area contributed by atoms with E-state index in [0.29, 0.717) is 27.4 Å². The summed E-state index contributed by atoms with van der Waals surface area (Å²) in [4.78, 5) is 29.5. The first kappa shape index (κ1) is 25.5. The highest BCUT2D eigenvalue weighted by Crippen LogP contribution is 2.33. The maximum absolute atomic E-state index is 15.3. The summed E-state index contributed by atoms with van der Waals surface area (Å²) in [5.74, 6) is -1.86. The maximum atomic E-state index is 15.3. The number of pyridine rings is 1. The van der Waals surface area contributed by atoms with E-state index >= 15 is 4.39 Å². The van der Waals surface area contributed by atoms with E-state index in [2.05, 4.69) is 25.3 Å². The van der Waals surface area contributed by atoms with E-state index in [9.17, 15) is 14.0 Å². The minimum atomic E-state index is -0.822. The number of fused-ring (bicyclic) bond motifs is 1. The van der Waals surface area contributed by atoms with Gasteiger partial charge in [0.15, 0.2) is 5.82 Å². The van der Waals surface area contributed by atoms with Crippen LogP contribution in [0.1, 0.15) is 36.7 Å². The molecule has 0 atom stereocenters. The molecule has 0 spiro atoms. The minimum absolute atomic E-state index is 0.0704. The number of carbonyl (C=O) groups excluding carboxylic acids is 2. The van der Waals surface area contributed by atoms with E-state index in [-0.39, 0.29) is 28.6 Å². The van der Waals surface area contributed by atoms with E-state index in [1.807, 2.05) is 0 Å². The van der Waals surface area contributed by atoms with Crippen molar-refractivity contribution in [2.24, 2.45) is 5.41 Å². The zero-order valence-corrected chi connectivity index (χ0v) is 21.2. The number of nitrogens with zero attached hydrogens (tertiary/aromatic N) is 2. The van der Waals surface area contributed by atoms with Gasteiger partial charge in [0.25, 0.3) is 5.91 Å². The summed E-state index contributed by atoms with van der Waals surface area (Å²) >= 11 is 7.24. The van der Waals surface area contributed by atoms with Crippen LogP contribution in [0, 0.1) is 17.0 Å². The van der Waals surface area contributed by atoms with Crippen LogP contribution >= 0.6 is 23.1 Å². The van der Waals surface area contributed by atoms with Crippen molar-refractivity contribution in [2.45, 2.75) is 27.3 Å². The first-order valence-corrected chi connectivity index (χ1v) is 12.0. The molecular formula is C25H22ClF2N5O2S. The number of anilines is 3. The normalized spacial score (nSPS) is 11.4. The highest BCUT2D eigenvalue weighted by Gasteiger charge is 2.24. The smallest absolute Gasteiger partial charge is 0.260 e. The Morgan fingerprint density at radius 1 is 1.11 bits per heavy atom. The van der Waals surface area contributed by atoms with E-state index in [1.54, 1.807) is 39.0 Å². The van der Waals surface area contributed by atoms with E-state index in [0.717, 1.165) is 11.5 Å². The van der Waals surface area contributed by atoms with Gasteiger partial charge >= 0.3 is 0 Å². The fourth-order valence-electron chi connectivity index (χ4n) is 3.29. The Hall–Kier alpha value is -3.63. The van der Waals surface area contributed by atoms with Gasteiger partial charge in [-0.1, -0.05) is 44.5 Å². The Morgan fingerprint density at radius 2 is 1.89 bits per heavy atom. The molecule has 2 amide bonds. The molecule has 7 nitrogen and oxygen atoms in total. The zero-order valence-electron chi connectivity index (χ0n) is 19.6. The van der Waals surface area contributed by atoms with Crippen molar-refractivity contribution in [3.05, 3.63) is 76.4 Å². The van der Waals surface area contributed by atoms with Gasteiger partial charge in [0.1, 0.15) is 17.2 Å². The van der Waals surface area contributed by atoms with Gasteiger partial charge < -0.3 is 16.0 Å². The van der Waals surface area contributed by atoms with E-state index in [4.69, 9.17) is 11.6 Å². The molecule has 4 rings (SSSR count). The zero-order chi connectivity index (χ0) is 26.0. The summed E-state index contributed by atoms with van der Waals surface area (Å²) < 4.78 is 33.7. The van der Waals surface area contributed by atoms with Crippen LogP contribution in [0.15, 0.2) is 48.7 Å². The van der Waals surface area contributed by atoms with Crippen molar-refractivity contribution < 1.29 is 18.4 Å². The molecule has 11 heteroatoms. The number of nitrogens with one attached hydrogen (secondary N) is 3. The predicted octanol–water partition coefficient (Wildman–Crippen LogP) is 6.28. The fourth-order valence-corrected chi connectivity index (χ4v) is 4.29. The third kappa shape index (κ3) is 5.44. The Morgan fingerprint density at radius 3 is 2.61 bits per heavy atom. The van der Waals surface area contributed by atoms with Crippen LogP contribution in [0.3, 0.4) is 0 Å². The predicted molar refractivity (Wildman–Crippen MR) is 138 cm³/mol. The van der Waals surface area contributed by atoms with Crippen LogP contribution < -0.4 is 16.0 Å². The van der Waals surface area contributed by atoms with Gasteiger partial charge in [-0.05, 0) is 41.9 Å². The Kier molecular flexibility index (Phi) is 7.18. The Bertz CT molecular complexity index is 1470. The number of hydrogen-bond acceptors (Lipinski definition) is 6. The van der Waals surface area contributed by atoms with Gasteiger partial charge in [0.05, 0.1) is 21.0 Å². The van der Waals surface area contributed by atoms with Gasteiger partial charge in [-0.15, -0.1) is 0 Å². The molecule has 2 heterocycles. The van der Waals surface area contributed by atoms with E-state index in [1.165, 1.54) is 30.5 Å². The summed E-state index contributed by atoms with van der Waals surface area (Å²) in [5, 5.41) is 8.28. The number of carbonyl (C=O) groups is 2. The lowest BCUT2D eigenvalue weighted by molar-refractivity contribution is -0.128. The SMILES string of the molecule is CC(C)(C)C(=O)NCc1ccc(Cl)c(C(=O)Nc2ccnc3c(Nc4cccc(F)c4)nsc23)c1F. The molecule has 0 bridgehead atoms. The highest BCUT2D eigenvalue weighted by molar-refractivity contribution is 7.14. The minimum Gasteiger partial charge on any atom is -0.351 e. The van der Waals surface area contributed by atoms with Crippen LogP contribution in [0.4, 0.5) is 26.0 Å². The number of benzene rings is 2. The second-order valence-electron chi connectivity index (χ2n) is 8.99. The Balaban J connectivity index is 1.58. The number of aromatic nitrogens is 2. The molecule has 0 aliphatic heterocycles. The van der Waals surface area contributed by atoms with Crippen LogP contribution in [0.5, 0.6) is 0 Å². The van der Waals surface area contributed by atoms with Crippen LogP contribution in [0.2, 0.25) is 5.02 Å². The molecule has 0 saturated carbocycles. The molecule has 0 aliphatic carbocycles. The molecule has 0 radical (unpaired) electrons. The first-order valence-electron chi connectivity index (χ1n) is 10.9. The van der Waals surface area contributed by atoms with Crippen LogP contribution in [-0.2, 0) is 11.3 Å². The molecule has 4 aromatic rings. The summed E-state index contributed by atoms with van der Waals surface area (Å²) in [7, 11) is 0. The van der Waals surface area contributed by atoms with Gasteiger partial charge in [0.2, 0.25) is 5.91 Å². The van der Waals surface area contributed by atoms with Crippen molar-refractivity contribution >= 4 is 62.4 Å². The molecule has 186 valence electrons. The van der Waals surface area contributed by atoms with Gasteiger partial charge in [-0.3, -0.25) is 14.6 Å². The molecule has 2 aromatic heterocycles. The van der Waals surface area contributed by atoms with Crippen molar-refractivity contribution in [3.8, 4) is 0 Å². The third-order valence-corrected chi connectivity index (χ3v) is 6.40. The number of halogens is 3. The van der Waals surface area contributed by atoms with Gasteiger partial charge in [0, 0.05) is 29.4 Å². The molecule has 0 fully saturated rings. The fraction of sp³-hybridized carbons (Fsp3) is 0.200. The van der Waals surface area contributed by atoms with Crippen molar-refractivity contribution in [3.63, 3.8) is 0 Å². The molecule has 36 heavy (non-hydrogen) atoms. The molecule has 3 N–H and O–H groups in total. The van der Waals surface area contributed by atoms with E-state index < -0.39 is 23.0 Å².